The minimum atomic E-state index is 0.232. The van der Waals surface area contributed by atoms with Gasteiger partial charge >= 0.3 is 0 Å². The SMILES string of the molecule is COc1ccc(C(=O)CCCCN2CCC(c3ccccc3)CC2)cc1. The van der Waals surface area contributed by atoms with Crippen LogP contribution in [0.3, 0.4) is 0 Å². The number of carbonyl (C=O) groups is 1. The maximum atomic E-state index is 12.2. The normalized spacial score (nSPS) is 15.7. The van der Waals surface area contributed by atoms with Gasteiger partial charge in [-0.05, 0) is 81.1 Å². The molecule has 0 atom stereocenters. The second kappa shape index (κ2) is 9.54. The summed E-state index contributed by atoms with van der Waals surface area (Å²) in [6.07, 6.45) is 5.18. The number of hydrogen-bond acceptors (Lipinski definition) is 3. The van der Waals surface area contributed by atoms with E-state index in [0.717, 1.165) is 30.7 Å². The maximum Gasteiger partial charge on any atom is 0.162 e. The van der Waals surface area contributed by atoms with Crippen LogP contribution < -0.4 is 4.74 Å². The van der Waals surface area contributed by atoms with E-state index in [1.807, 2.05) is 24.3 Å². The highest BCUT2D eigenvalue weighted by Gasteiger charge is 2.19. The second-order valence-corrected chi connectivity index (χ2v) is 7.14. The van der Waals surface area contributed by atoms with E-state index >= 15 is 0 Å². The van der Waals surface area contributed by atoms with Crippen LogP contribution in [0, 0.1) is 0 Å². The fraction of sp³-hybridized carbons (Fsp3) is 0.435. The van der Waals surface area contributed by atoms with E-state index in [1.54, 1.807) is 7.11 Å². The van der Waals surface area contributed by atoms with Gasteiger partial charge in [-0.3, -0.25) is 4.79 Å². The van der Waals surface area contributed by atoms with E-state index in [-0.39, 0.29) is 5.78 Å². The van der Waals surface area contributed by atoms with Gasteiger partial charge in [0.05, 0.1) is 7.11 Å². The Bertz CT molecular complexity index is 673. The number of ketones is 1. The summed E-state index contributed by atoms with van der Waals surface area (Å²) in [6, 6.07) is 18.3. The van der Waals surface area contributed by atoms with Gasteiger partial charge in [-0.15, -0.1) is 0 Å². The van der Waals surface area contributed by atoms with Crippen LogP contribution in [-0.2, 0) is 0 Å². The topological polar surface area (TPSA) is 29.5 Å². The van der Waals surface area contributed by atoms with Crippen LogP contribution in [-0.4, -0.2) is 37.4 Å². The van der Waals surface area contributed by atoms with Crippen molar-refractivity contribution >= 4 is 5.78 Å². The predicted octanol–water partition coefficient (Wildman–Crippen LogP) is 4.93. The van der Waals surface area contributed by atoms with Gasteiger partial charge in [-0.1, -0.05) is 30.3 Å². The molecular formula is C23H29NO2. The summed E-state index contributed by atoms with van der Waals surface area (Å²) in [4.78, 5) is 14.8. The molecule has 3 nitrogen and oxygen atoms in total. The number of carbonyl (C=O) groups excluding carboxylic acids is 1. The molecule has 1 aliphatic heterocycles. The van der Waals surface area contributed by atoms with E-state index in [2.05, 4.69) is 35.2 Å². The smallest absolute Gasteiger partial charge is 0.162 e. The molecule has 0 saturated carbocycles. The molecule has 0 bridgehead atoms. The summed E-state index contributed by atoms with van der Waals surface area (Å²) in [7, 11) is 1.64. The summed E-state index contributed by atoms with van der Waals surface area (Å²) in [6.45, 7) is 3.45. The molecule has 3 rings (SSSR count). The van der Waals surface area contributed by atoms with Crippen molar-refractivity contribution < 1.29 is 9.53 Å². The third kappa shape index (κ3) is 5.18. The largest absolute Gasteiger partial charge is 0.497 e. The third-order valence-corrected chi connectivity index (χ3v) is 5.40. The first-order valence-electron chi connectivity index (χ1n) is 9.71. The summed E-state index contributed by atoms with van der Waals surface area (Å²) >= 11 is 0. The number of ether oxygens (including phenoxy) is 1. The third-order valence-electron chi connectivity index (χ3n) is 5.40. The van der Waals surface area contributed by atoms with Crippen LogP contribution in [0.25, 0.3) is 0 Å². The first-order valence-corrected chi connectivity index (χ1v) is 9.71. The molecule has 0 aliphatic carbocycles. The number of unbranched alkanes of at least 4 members (excludes halogenated alkanes) is 1. The van der Waals surface area contributed by atoms with Crippen molar-refractivity contribution in [2.24, 2.45) is 0 Å². The van der Waals surface area contributed by atoms with Crippen molar-refractivity contribution in [3.05, 3.63) is 65.7 Å². The van der Waals surface area contributed by atoms with E-state index in [9.17, 15) is 4.79 Å². The Morgan fingerprint density at radius 2 is 1.69 bits per heavy atom. The van der Waals surface area contributed by atoms with Crippen molar-refractivity contribution in [3.8, 4) is 5.75 Å². The quantitative estimate of drug-likeness (QED) is 0.499. The van der Waals surface area contributed by atoms with Gasteiger partial charge < -0.3 is 9.64 Å². The van der Waals surface area contributed by atoms with Crippen molar-refractivity contribution in [3.63, 3.8) is 0 Å². The zero-order chi connectivity index (χ0) is 18.2. The Labute approximate surface area is 157 Å². The van der Waals surface area contributed by atoms with Gasteiger partial charge in [0.15, 0.2) is 5.78 Å². The average Bonchev–Trinajstić information content (AvgIpc) is 2.72. The maximum absolute atomic E-state index is 12.2. The first kappa shape index (κ1) is 18.7. The average molecular weight is 351 g/mol. The van der Waals surface area contributed by atoms with Crippen LogP contribution in [0.15, 0.2) is 54.6 Å². The summed E-state index contributed by atoms with van der Waals surface area (Å²) in [5.41, 5.74) is 2.27. The number of benzene rings is 2. The Kier molecular flexibility index (Phi) is 6.84. The number of likely N-dealkylation sites (tertiary alicyclic amines) is 1. The fourth-order valence-electron chi connectivity index (χ4n) is 3.76. The molecule has 1 fully saturated rings. The molecule has 0 N–H and O–H groups in total. The zero-order valence-corrected chi connectivity index (χ0v) is 15.7. The van der Waals surface area contributed by atoms with Crippen LogP contribution >= 0.6 is 0 Å². The second-order valence-electron chi connectivity index (χ2n) is 7.14. The molecule has 1 saturated heterocycles. The van der Waals surface area contributed by atoms with Crippen molar-refractivity contribution in [1.82, 2.24) is 4.90 Å². The highest BCUT2D eigenvalue weighted by atomic mass is 16.5. The Morgan fingerprint density at radius 3 is 2.35 bits per heavy atom. The van der Waals surface area contributed by atoms with Crippen LogP contribution in [0.1, 0.15) is 53.9 Å². The van der Waals surface area contributed by atoms with E-state index in [0.29, 0.717) is 12.3 Å². The van der Waals surface area contributed by atoms with Gasteiger partial charge in [-0.2, -0.15) is 0 Å². The molecule has 0 amide bonds. The van der Waals surface area contributed by atoms with Crippen LogP contribution in [0.2, 0.25) is 0 Å². The predicted molar refractivity (Wildman–Crippen MR) is 106 cm³/mol. The van der Waals surface area contributed by atoms with Gasteiger partial charge in [0.25, 0.3) is 0 Å². The molecule has 2 aromatic carbocycles. The Balaban J connectivity index is 1.33. The van der Waals surface area contributed by atoms with Gasteiger partial charge in [-0.25, -0.2) is 0 Å². The van der Waals surface area contributed by atoms with Gasteiger partial charge in [0.2, 0.25) is 0 Å². The molecule has 0 aromatic heterocycles. The first-order chi connectivity index (χ1) is 12.8. The van der Waals surface area contributed by atoms with E-state index < -0.39 is 0 Å². The molecule has 1 aliphatic rings. The Morgan fingerprint density at radius 1 is 1.00 bits per heavy atom. The molecule has 0 unspecified atom stereocenters. The highest BCUT2D eigenvalue weighted by molar-refractivity contribution is 5.96. The molecule has 0 spiro atoms. The van der Waals surface area contributed by atoms with Crippen LogP contribution in [0.5, 0.6) is 5.75 Å². The van der Waals surface area contributed by atoms with Crippen LogP contribution in [0.4, 0.5) is 0 Å². The molecule has 138 valence electrons. The number of piperidine rings is 1. The lowest BCUT2D eigenvalue weighted by molar-refractivity contribution is 0.0977. The molecule has 1 heterocycles. The highest BCUT2D eigenvalue weighted by Crippen LogP contribution is 2.27. The monoisotopic (exact) mass is 351 g/mol. The number of nitrogens with zero attached hydrogens (tertiary/aromatic N) is 1. The van der Waals surface area contributed by atoms with Crippen molar-refractivity contribution in [1.29, 1.82) is 0 Å². The van der Waals surface area contributed by atoms with Gasteiger partial charge in [0.1, 0.15) is 5.75 Å². The fourth-order valence-corrected chi connectivity index (χ4v) is 3.76. The summed E-state index contributed by atoms with van der Waals surface area (Å²) in [5.74, 6) is 1.74. The lowest BCUT2D eigenvalue weighted by atomic mass is 9.89. The molecule has 2 aromatic rings. The summed E-state index contributed by atoms with van der Waals surface area (Å²) in [5, 5.41) is 0. The lowest BCUT2D eigenvalue weighted by Crippen LogP contribution is -2.33. The van der Waals surface area contributed by atoms with E-state index in [4.69, 9.17) is 4.74 Å². The minimum absolute atomic E-state index is 0.232. The zero-order valence-electron chi connectivity index (χ0n) is 15.7. The Hall–Kier alpha value is -2.13. The minimum Gasteiger partial charge on any atom is -0.497 e. The number of Topliss-reactive ketones (excluding diaryl/α,β-unsaturated/α-hetero) is 1. The molecule has 0 radical (unpaired) electrons. The molecule has 26 heavy (non-hydrogen) atoms. The van der Waals surface area contributed by atoms with Crippen molar-refractivity contribution in [2.45, 2.75) is 38.0 Å². The van der Waals surface area contributed by atoms with E-state index in [1.165, 1.54) is 31.5 Å². The lowest BCUT2D eigenvalue weighted by Gasteiger charge is -2.32. The standard InChI is InChI=1S/C23H29NO2/c1-26-22-12-10-21(11-13-22)23(25)9-5-6-16-24-17-14-20(15-18-24)19-7-3-2-4-8-19/h2-4,7-8,10-13,20H,5-6,9,14-18H2,1H3. The number of rotatable bonds is 8. The summed E-state index contributed by atoms with van der Waals surface area (Å²) < 4.78 is 5.13. The van der Waals surface area contributed by atoms with Gasteiger partial charge in [0, 0.05) is 12.0 Å². The molecule has 3 heteroatoms. The number of hydrogen-bond donors (Lipinski definition) is 0. The molecular weight excluding hydrogens is 322 g/mol. The van der Waals surface area contributed by atoms with Crippen molar-refractivity contribution in [2.75, 3.05) is 26.7 Å². The number of methoxy groups -OCH3 is 1.